The number of carbonyl (C=O) groups excluding carboxylic acids is 1. The Morgan fingerprint density at radius 2 is 1.41 bits per heavy atom. The molecule has 196 valence electrons. The molecule has 0 saturated heterocycles. The lowest BCUT2D eigenvalue weighted by Gasteiger charge is -2.06. The predicted molar refractivity (Wildman–Crippen MR) is 136 cm³/mol. The number of nitrogens with two attached hydrogens (primary N) is 1. The fourth-order valence-electron chi connectivity index (χ4n) is 3.60. The maximum atomic E-state index is 12.3. The van der Waals surface area contributed by atoms with E-state index in [0.717, 1.165) is 31.1 Å². The van der Waals surface area contributed by atoms with Gasteiger partial charge in [0.05, 0.1) is 11.7 Å². The van der Waals surface area contributed by atoms with Crippen LogP contribution in [0.25, 0.3) is 6.08 Å². The molecule has 0 aliphatic rings. The number of aliphatic hydroxyl groups excluding tert-OH is 1. The Labute approximate surface area is 205 Å². The van der Waals surface area contributed by atoms with Crippen LogP contribution in [-0.4, -0.2) is 17.1 Å². The van der Waals surface area contributed by atoms with Crippen molar-refractivity contribution < 1.29 is 23.1 Å². The molecule has 0 aliphatic heterocycles. The number of rotatable bonds is 17. The van der Waals surface area contributed by atoms with E-state index in [-0.39, 0.29) is 11.7 Å². The number of halogens is 3. The summed E-state index contributed by atoms with van der Waals surface area (Å²) in [5, 5.41) is 9.44. The van der Waals surface area contributed by atoms with Crippen molar-refractivity contribution in [2.24, 2.45) is 5.73 Å². The fourth-order valence-corrected chi connectivity index (χ4v) is 3.60. The van der Waals surface area contributed by atoms with Crippen LogP contribution < -0.4 is 5.73 Å². The average Bonchev–Trinajstić information content (AvgIpc) is 2.80. The van der Waals surface area contributed by atoms with Gasteiger partial charge in [-0.1, -0.05) is 109 Å². The average molecular weight is 486 g/mol. The summed E-state index contributed by atoms with van der Waals surface area (Å²) in [6.07, 6.45) is 17.9. The van der Waals surface area contributed by atoms with E-state index in [9.17, 15) is 23.1 Å². The molecular formula is C28H46F3NO2. The lowest BCUT2D eigenvalue weighted by Crippen LogP contribution is -2.06. The highest BCUT2D eigenvalue weighted by Gasteiger charge is 2.30. The number of carbonyl (C=O) groups is 1. The fraction of sp³-hybridized carbons (Fsp3) is 0.679. The van der Waals surface area contributed by atoms with Gasteiger partial charge in [0.2, 0.25) is 5.91 Å². The normalized spacial score (nSPS) is 12.4. The van der Waals surface area contributed by atoms with E-state index >= 15 is 0 Å². The van der Waals surface area contributed by atoms with Crippen molar-refractivity contribution in [1.29, 1.82) is 0 Å². The lowest BCUT2D eigenvalue weighted by molar-refractivity contribution is -0.137. The van der Waals surface area contributed by atoms with Crippen molar-refractivity contribution in [3.63, 3.8) is 0 Å². The predicted octanol–water partition coefficient (Wildman–Crippen LogP) is 8.44. The summed E-state index contributed by atoms with van der Waals surface area (Å²) in [7, 11) is 0. The van der Waals surface area contributed by atoms with Crippen LogP contribution >= 0.6 is 0 Å². The van der Waals surface area contributed by atoms with E-state index in [1.807, 2.05) is 0 Å². The summed E-state index contributed by atoms with van der Waals surface area (Å²) in [6, 6.07) is 4.62. The lowest BCUT2D eigenvalue weighted by atomic mass is 10.0. The topological polar surface area (TPSA) is 63.3 Å². The molecule has 3 nitrogen and oxygen atoms in total. The van der Waals surface area contributed by atoms with E-state index in [2.05, 4.69) is 13.8 Å². The van der Waals surface area contributed by atoms with Crippen LogP contribution in [0.15, 0.2) is 30.3 Å². The number of alkyl halides is 3. The Hall–Kier alpha value is -1.82. The van der Waals surface area contributed by atoms with Gasteiger partial charge in [0.25, 0.3) is 0 Å². The molecule has 6 heteroatoms. The van der Waals surface area contributed by atoms with Gasteiger partial charge in [-0.2, -0.15) is 13.2 Å². The first-order chi connectivity index (χ1) is 16.2. The molecule has 0 aromatic heterocycles. The van der Waals surface area contributed by atoms with E-state index in [1.54, 1.807) is 0 Å². The Kier molecular flexibility index (Phi) is 19.4. The summed E-state index contributed by atoms with van der Waals surface area (Å²) >= 11 is 0. The van der Waals surface area contributed by atoms with Gasteiger partial charge >= 0.3 is 6.18 Å². The van der Waals surface area contributed by atoms with Crippen molar-refractivity contribution in [3.8, 4) is 0 Å². The molecular weight excluding hydrogens is 439 g/mol. The van der Waals surface area contributed by atoms with Crippen LogP contribution in [0.4, 0.5) is 13.2 Å². The van der Waals surface area contributed by atoms with Crippen LogP contribution in [-0.2, 0) is 11.0 Å². The third kappa shape index (κ3) is 19.6. The highest BCUT2D eigenvalue weighted by Crippen LogP contribution is 2.29. The highest BCUT2D eigenvalue weighted by atomic mass is 19.4. The van der Waals surface area contributed by atoms with Crippen molar-refractivity contribution in [2.75, 3.05) is 0 Å². The smallest absolute Gasteiger partial charge is 0.393 e. The molecule has 1 atom stereocenters. The van der Waals surface area contributed by atoms with Gasteiger partial charge in [0.1, 0.15) is 0 Å². The molecule has 1 rings (SSSR count). The van der Waals surface area contributed by atoms with Crippen LogP contribution in [0.3, 0.4) is 0 Å². The number of primary amides is 1. The van der Waals surface area contributed by atoms with E-state index in [1.165, 1.54) is 102 Å². The van der Waals surface area contributed by atoms with Crippen LogP contribution in [0.2, 0.25) is 0 Å². The molecule has 1 amide bonds. The third-order valence-corrected chi connectivity index (χ3v) is 5.77. The quantitative estimate of drug-likeness (QED) is 0.172. The van der Waals surface area contributed by atoms with Gasteiger partial charge in [-0.3, -0.25) is 4.79 Å². The van der Waals surface area contributed by atoms with Crippen molar-refractivity contribution in [1.82, 2.24) is 0 Å². The molecule has 0 bridgehead atoms. The zero-order valence-electron chi connectivity index (χ0n) is 21.2. The molecule has 0 aliphatic carbocycles. The summed E-state index contributed by atoms with van der Waals surface area (Å²) in [4.78, 5) is 10.4. The summed E-state index contributed by atoms with van der Waals surface area (Å²) < 4.78 is 36.8. The molecule has 0 fully saturated rings. The second-order valence-electron chi connectivity index (χ2n) is 8.95. The third-order valence-electron chi connectivity index (χ3n) is 5.77. The molecule has 1 aromatic carbocycles. The number of amides is 1. The van der Waals surface area contributed by atoms with Crippen LogP contribution in [0, 0.1) is 0 Å². The minimum absolute atomic E-state index is 0.0484. The largest absolute Gasteiger partial charge is 0.416 e. The Morgan fingerprint density at radius 1 is 0.912 bits per heavy atom. The molecule has 0 saturated carbocycles. The molecule has 0 heterocycles. The van der Waals surface area contributed by atoms with Gasteiger partial charge in [0, 0.05) is 6.08 Å². The number of benzene rings is 1. The minimum Gasteiger partial charge on any atom is -0.393 e. The van der Waals surface area contributed by atoms with Crippen molar-refractivity contribution in [2.45, 2.75) is 122 Å². The molecule has 0 radical (unpaired) electrons. The first-order valence-corrected chi connectivity index (χ1v) is 13.0. The molecule has 1 unspecified atom stereocenters. The molecule has 3 N–H and O–H groups in total. The maximum absolute atomic E-state index is 12.3. The second-order valence-corrected chi connectivity index (χ2v) is 8.95. The zero-order valence-corrected chi connectivity index (χ0v) is 21.2. The monoisotopic (exact) mass is 485 g/mol. The number of unbranched alkanes of at least 4 members (excludes halogenated alkanes) is 12. The molecule has 34 heavy (non-hydrogen) atoms. The van der Waals surface area contributed by atoms with Gasteiger partial charge in [-0.05, 0) is 36.6 Å². The molecule has 0 spiro atoms. The van der Waals surface area contributed by atoms with Crippen LogP contribution in [0.5, 0.6) is 0 Å². The minimum atomic E-state index is -4.38. The van der Waals surface area contributed by atoms with Gasteiger partial charge < -0.3 is 10.8 Å². The van der Waals surface area contributed by atoms with Crippen molar-refractivity contribution in [3.05, 3.63) is 41.5 Å². The highest BCUT2D eigenvalue weighted by molar-refractivity contribution is 5.90. The van der Waals surface area contributed by atoms with Crippen LogP contribution in [0.1, 0.15) is 121 Å². The molecule has 1 aromatic rings. The number of hydrogen-bond donors (Lipinski definition) is 2. The standard InChI is InChI=1S/C18H38O.C10H8F3NO/c1-3-5-6-7-8-9-10-11-12-13-14-15-16-17-18(19)4-2;11-10(12,13)8-3-1-2-7(6-8)4-5-9(14)15/h18-19H,3-17H2,1-2H3;1-6H,(H2,14,15)/b;5-4+. The summed E-state index contributed by atoms with van der Waals surface area (Å²) in [6.45, 7) is 4.34. The Morgan fingerprint density at radius 3 is 1.85 bits per heavy atom. The van der Waals surface area contributed by atoms with E-state index in [0.29, 0.717) is 0 Å². The first kappa shape index (κ1) is 32.2. The number of hydrogen-bond acceptors (Lipinski definition) is 2. The summed E-state index contributed by atoms with van der Waals surface area (Å²) in [5.74, 6) is -0.701. The second kappa shape index (κ2) is 20.5. The van der Waals surface area contributed by atoms with E-state index in [4.69, 9.17) is 5.73 Å². The maximum Gasteiger partial charge on any atom is 0.416 e. The van der Waals surface area contributed by atoms with Gasteiger partial charge in [0.15, 0.2) is 0 Å². The van der Waals surface area contributed by atoms with E-state index < -0.39 is 17.6 Å². The zero-order chi connectivity index (χ0) is 25.7. The summed E-state index contributed by atoms with van der Waals surface area (Å²) in [5.41, 5.74) is 4.34. The Bertz CT molecular complexity index is 659. The van der Waals surface area contributed by atoms with Crippen molar-refractivity contribution >= 4 is 12.0 Å². The first-order valence-electron chi connectivity index (χ1n) is 13.0. The van der Waals surface area contributed by atoms with Gasteiger partial charge in [-0.15, -0.1) is 0 Å². The van der Waals surface area contributed by atoms with Gasteiger partial charge in [-0.25, -0.2) is 0 Å². The Balaban J connectivity index is 0.000000657. The SMILES string of the molecule is CCCCCCCCCCCCCCCC(O)CC.NC(=O)/C=C/c1cccc(C(F)(F)F)c1. The number of aliphatic hydroxyl groups is 1.